The number of benzene rings is 1. The van der Waals surface area contributed by atoms with E-state index in [1.54, 1.807) is 11.7 Å². The van der Waals surface area contributed by atoms with Crippen LogP contribution in [0, 0.1) is 0 Å². The van der Waals surface area contributed by atoms with E-state index in [2.05, 4.69) is 10.3 Å². The molecule has 1 aromatic carbocycles. The van der Waals surface area contributed by atoms with E-state index in [0.717, 1.165) is 10.4 Å². The highest BCUT2D eigenvalue weighted by atomic mass is 32.1. The van der Waals surface area contributed by atoms with Gasteiger partial charge in [-0.2, -0.15) is 0 Å². The minimum atomic E-state index is -0.514. The second-order valence-corrected chi connectivity index (χ2v) is 4.95. The number of amides is 1. The van der Waals surface area contributed by atoms with E-state index in [1.807, 2.05) is 30.3 Å². The monoisotopic (exact) mass is 261 g/mol. The topological polar surface area (TPSA) is 68.0 Å². The number of nitrogens with two attached hydrogens (primary N) is 1. The number of thiazole rings is 1. The van der Waals surface area contributed by atoms with Gasteiger partial charge < -0.3 is 11.1 Å². The summed E-state index contributed by atoms with van der Waals surface area (Å²) < 4.78 is 0. The summed E-state index contributed by atoms with van der Waals surface area (Å²) in [6, 6.07) is 9.25. The van der Waals surface area contributed by atoms with Crippen LogP contribution in [-0.2, 0) is 17.8 Å². The molecule has 1 unspecified atom stereocenters. The van der Waals surface area contributed by atoms with Crippen molar-refractivity contribution in [3.63, 3.8) is 0 Å². The van der Waals surface area contributed by atoms with Crippen molar-refractivity contribution in [1.82, 2.24) is 10.3 Å². The third-order valence-electron chi connectivity index (χ3n) is 2.56. The summed E-state index contributed by atoms with van der Waals surface area (Å²) >= 11 is 1.51. The highest BCUT2D eigenvalue weighted by molar-refractivity contribution is 7.09. The molecule has 0 saturated carbocycles. The molecule has 0 aliphatic heterocycles. The number of hydrogen-bond acceptors (Lipinski definition) is 4. The number of aromatic nitrogens is 1. The molecule has 0 bridgehead atoms. The Morgan fingerprint density at radius 3 is 2.83 bits per heavy atom. The lowest BCUT2D eigenvalue weighted by Crippen LogP contribution is -2.41. The Hall–Kier alpha value is -1.72. The van der Waals surface area contributed by atoms with Gasteiger partial charge in [-0.3, -0.25) is 9.78 Å². The molecule has 0 aliphatic rings. The summed E-state index contributed by atoms with van der Waals surface area (Å²) in [6.07, 6.45) is 2.29. The molecule has 18 heavy (non-hydrogen) atoms. The maximum atomic E-state index is 11.8. The smallest absolute Gasteiger partial charge is 0.237 e. The van der Waals surface area contributed by atoms with Gasteiger partial charge >= 0.3 is 0 Å². The molecule has 2 rings (SSSR count). The quantitative estimate of drug-likeness (QED) is 0.853. The lowest BCUT2D eigenvalue weighted by molar-refractivity contribution is -0.122. The molecule has 3 N–H and O–H groups in total. The number of nitrogens with one attached hydrogen (secondary N) is 1. The minimum Gasteiger partial charge on any atom is -0.350 e. The van der Waals surface area contributed by atoms with Crippen LogP contribution in [0.3, 0.4) is 0 Å². The number of carbonyl (C=O) groups excluding carboxylic acids is 1. The zero-order valence-electron chi connectivity index (χ0n) is 9.87. The SMILES string of the molecule is NC(Cc1ccccc1)C(=O)NCc1cncs1. The first kappa shape index (κ1) is 12.7. The number of hydrogen-bond donors (Lipinski definition) is 2. The normalized spacial score (nSPS) is 12.1. The summed E-state index contributed by atoms with van der Waals surface area (Å²) in [7, 11) is 0. The van der Waals surface area contributed by atoms with Gasteiger partial charge in [-0.15, -0.1) is 11.3 Å². The summed E-state index contributed by atoms with van der Waals surface area (Å²) in [5.74, 6) is -0.132. The molecule has 5 heteroatoms. The van der Waals surface area contributed by atoms with Crippen LogP contribution < -0.4 is 11.1 Å². The first-order chi connectivity index (χ1) is 8.75. The summed E-state index contributed by atoms with van der Waals surface area (Å²) in [4.78, 5) is 16.8. The number of nitrogens with zero attached hydrogens (tertiary/aromatic N) is 1. The molecule has 0 fully saturated rings. The standard InChI is InChI=1S/C13H15N3OS/c14-12(6-10-4-2-1-3-5-10)13(17)16-8-11-7-15-9-18-11/h1-5,7,9,12H,6,8,14H2,(H,16,17). The van der Waals surface area contributed by atoms with Crippen LogP contribution in [0.5, 0.6) is 0 Å². The number of rotatable bonds is 5. The molecular formula is C13H15N3OS. The molecule has 1 aromatic heterocycles. The summed E-state index contributed by atoms with van der Waals surface area (Å²) in [6.45, 7) is 0.492. The van der Waals surface area contributed by atoms with Gasteiger partial charge in [0.15, 0.2) is 0 Å². The van der Waals surface area contributed by atoms with Gasteiger partial charge in [0.2, 0.25) is 5.91 Å². The van der Waals surface area contributed by atoms with Crippen molar-refractivity contribution in [3.8, 4) is 0 Å². The fourth-order valence-corrected chi connectivity index (χ4v) is 2.13. The van der Waals surface area contributed by atoms with Crippen LogP contribution in [0.4, 0.5) is 0 Å². The Labute approximate surface area is 110 Å². The van der Waals surface area contributed by atoms with Crippen molar-refractivity contribution in [2.24, 2.45) is 5.73 Å². The second-order valence-electron chi connectivity index (χ2n) is 3.98. The Morgan fingerprint density at radius 2 is 2.17 bits per heavy atom. The van der Waals surface area contributed by atoms with Gasteiger partial charge in [-0.1, -0.05) is 30.3 Å². The molecule has 0 spiro atoms. The average molecular weight is 261 g/mol. The zero-order valence-corrected chi connectivity index (χ0v) is 10.7. The van der Waals surface area contributed by atoms with E-state index in [9.17, 15) is 4.79 Å². The van der Waals surface area contributed by atoms with Gasteiger partial charge in [0.25, 0.3) is 0 Å². The van der Waals surface area contributed by atoms with Gasteiger partial charge in [0.1, 0.15) is 0 Å². The van der Waals surface area contributed by atoms with Crippen molar-refractivity contribution >= 4 is 17.2 Å². The first-order valence-electron chi connectivity index (χ1n) is 5.70. The molecule has 0 aliphatic carbocycles. The average Bonchev–Trinajstić information content (AvgIpc) is 2.90. The second kappa shape index (κ2) is 6.28. The molecular weight excluding hydrogens is 246 g/mol. The lowest BCUT2D eigenvalue weighted by atomic mass is 10.1. The largest absolute Gasteiger partial charge is 0.350 e. The fourth-order valence-electron chi connectivity index (χ4n) is 1.60. The van der Waals surface area contributed by atoms with Gasteiger partial charge in [-0.05, 0) is 12.0 Å². The third kappa shape index (κ3) is 3.65. The van der Waals surface area contributed by atoms with Gasteiger partial charge in [0, 0.05) is 11.1 Å². The highest BCUT2D eigenvalue weighted by Crippen LogP contribution is 2.05. The van der Waals surface area contributed by atoms with E-state index in [4.69, 9.17) is 5.73 Å². The van der Waals surface area contributed by atoms with E-state index in [-0.39, 0.29) is 5.91 Å². The lowest BCUT2D eigenvalue weighted by Gasteiger charge is -2.11. The summed E-state index contributed by atoms with van der Waals surface area (Å²) in [5.41, 5.74) is 8.67. The van der Waals surface area contributed by atoms with Crippen molar-refractivity contribution in [3.05, 3.63) is 52.5 Å². The van der Waals surface area contributed by atoms with Crippen LogP contribution in [0.2, 0.25) is 0 Å². The zero-order chi connectivity index (χ0) is 12.8. The molecule has 1 amide bonds. The van der Waals surface area contributed by atoms with E-state index < -0.39 is 6.04 Å². The molecule has 0 radical (unpaired) electrons. The highest BCUT2D eigenvalue weighted by Gasteiger charge is 2.13. The Kier molecular flexibility index (Phi) is 4.44. The van der Waals surface area contributed by atoms with Crippen LogP contribution in [-0.4, -0.2) is 16.9 Å². The first-order valence-corrected chi connectivity index (χ1v) is 6.58. The van der Waals surface area contributed by atoms with Crippen molar-refractivity contribution in [2.45, 2.75) is 19.0 Å². The van der Waals surface area contributed by atoms with Crippen molar-refractivity contribution in [2.75, 3.05) is 0 Å². The Bertz CT molecular complexity index is 484. The predicted octanol–water partition coefficient (Wildman–Crippen LogP) is 1.33. The van der Waals surface area contributed by atoms with Gasteiger partial charge in [-0.25, -0.2) is 0 Å². The molecule has 1 atom stereocenters. The predicted molar refractivity (Wildman–Crippen MR) is 72.1 cm³/mol. The van der Waals surface area contributed by atoms with Crippen LogP contribution in [0.25, 0.3) is 0 Å². The van der Waals surface area contributed by atoms with E-state index >= 15 is 0 Å². The van der Waals surface area contributed by atoms with Crippen molar-refractivity contribution < 1.29 is 4.79 Å². The Morgan fingerprint density at radius 1 is 1.39 bits per heavy atom. The van der Waals surface area contributed by atoms with Crippen LogP contribution in [0.15, 0.2) is 42.0 Å². The maximum Gasteiger partial charge on any atom is 0.237 e. The summed E-state index contributed by atoms with van der Waals surface area (Å²) in [5, 5.41) is 2.81. The minimum absolute atomic E-state index is 0.132. The molecule has 2 aromatic rings. The molecule has 0 saturated heterocycles. The number of carbonyl (C=O) groups is 1. The maximum absolute atomic E-state index is 11.8. The molecule has 4 nitrogen and oxygen atoms in total. The van der Waals surface area contributed by atoms with Crippen LogP contribution in [0.1, 0.15) is 10.4 Å². The van der Waals surface area contributed by atoms with Crippen LogP contribution >= 0.6 is 11.3 Å². The molecule has 94 valence electrons. The van der Waals surface area contributed by atoms with Gasteiger partial charge in [0.05, 0.1) is 18.1 Å². The van der Waals surface area contributed by atoms with E-state index in [1.165, 1.54) is 11.3 Å². The third-order valence-corrected chi connectivity index (χ3v) is 3.34. The molecule has 1 heterocycles. The van der Waals surface area contributed by atoms with E-state index in [0.29, 0.717) is 13.0 Å². The van der Waals surface area contributed by atoms with Crippen molar-refractivity contribution in [1.29, 1.82) is 0 Å². The fraction of sp³-hybridized carbons (Fsp3) is 0.231. The Balaban J connectivity index is 1.82.